The number of nitrogens with two attached hydrogens (primary N) is 1. The Labute approximate surface area is 190 Å². The number of carbonyl (C=O) groups is 1. The van der Waals surface area contributed by atoms with E-state index in [0.29, 0.717) is 27.6 Å². The molecule has 0 bridgehead atoms. The number of aliphatic hydroxyl groups is 1. The molecule has 3 N–H and O–H groups in total. The first-order valence-electron chi connectivity index (χ1n) is 10.1. The van der Waals surface area contributed by atoms with E-state index < -0.39 is 35.7 Å². The molecule has 3 heterocycles. The first-order chi connectivity index (χ1) is 16.0. The number of primary amides is 1. The van der Waals surface area contributed by atoms with Gasteiger partial charge < -0.3 is 10.8 Å². The van der Waals surface area contributed by atoms with Gasteiger partial charge in [-0.1, -0.05) is 24.3 Å². The molecular weight excluding hydrogens is 456 g/mol. The molecule has 8 nitrogen and oxygen atoms in total. The Kier molecular flexibility index (Phi) is 5.77. The summed E-state index contributed by atoms with van der Waals surface area (Å²) in [5.74, 6) is -1.43. The summed E-state index contributed by atoms with van der Waals surface area (Å²) in [5, 5.41) is 17.9. The van der Waals surface area contributed by atoms with Crippen molar-refractivity contribution in [2.75, 3.05) is 0 Å². The SMILES string of the molecule is CCC(O)(c1cn(Cc2ccc3c(-c4ccc(F)nc4)cc(C(N)=O)nc3c2)nn1)C(F)(F)F. The molecule has 0 radical (unpaired) electrons. The van der Waals surface area contributed by atoms with Gasteiger partial charge in [0.05, 0.1) is 18.3 Å². The molecule has 0 saturated heterocycles. The van der Waals surface area contributed by atoms with E-state index in [9.17, 15) is 27.5 Å². The van der Waals surface area contributed by atoms with Crippen molar-refractivity contribution in [3.05, 3.63) is 71.7 Å². The fourth-order valence-electron chi connectivity index (χ4n) is 3.55. The molecule has 3 aromatic heterocycles. The summed E-state index contributed by atoms with van der Waals surface area (Å²) in [6, 6.07) is 9.19. The van der Waals surface area contributed by atoms with Gasteiger partial charge in [0.1, 0.15) is 11.4 Å². The molecule has 1 atom stereocenters. The maximum atomic E-state index is 13.3. The van der Waals surface area contributed by atoms with Crippen molar-refractivity contribution in [3.8, 4) is 11.1 Å². The van der Waals surface area contributed by atoms with Crippen LogP contribution in [0.3, 0.4) is 0 Å². The number of hydrogen-bond acceptors (Lipinski definition) is 6. The van der Waals surface area contributed by atoms with Crippen LogP contribution in [-0.2, 0) is 12.1 Å². The van der Waals surface area contributed by atoms with E-state index in [4.69, 9.17) is 5.73 Å². The van der Waals surface area contributed by atoms with Crippen molar-refractivity contribution in [2.24, 2.45) is 5.73 Å². The molecule has 34 heavy (non-hydrogen) atoms. The van der Waals surface area contributed by atoms with Gasteiger partial charge in [0.25, 0.3) is 5.91 Å². The van der Waals surface area contributed by atoms with Crippen LogP contribution in [0.4, 0.5) is 17.6 Å². The van der Waals surface area contributed by atoms with Crippen molar-refractivity contribution in [1.29, 1.82) is 0 Å². The third-order valence-electron chi connectivity index (χ3n) is 5.45. The lowest BCUT2D eigenvalue weighted by Gasteiger charge is -2.26. The minimum Gasteiger partial charge on any atom is -0.375 e. The quantitative estimate of drug-likeness (QED) is 0.327. The molecule has 176 valence electrons. The molecule has 1 unspecified atom stereocenters. The van der Waals surface area contributed by atoms with Crippen molar-refractivity contribution in [3.63, 3.8) is 0 Å². The highest BCUT2D eigenvalue weighted by Gasteiger charge is 2.55. The smallest absolute Gasteiger partial charge is 0.375 e. The Morgan fingerprint density at radius 2 is 1.94 bits per heavy atom. The molecule has 0 aliphatic carbocycles. The molecule has 1 amide bonds. The van der Waals surface area contributed by atoms with Gasteiger partial charge in [-0.05, 0) is 41.8 Å². The van der Waals surface area contributed by atoms with Gasteiger partial charge in [0, 0.05) is 17.1 Å². The highest BCUT2D eigenvalue weighted by Crippen LogP contribution is 2.40. The number of hydrogen-bond donors (Lipinski definition) is 2. The van der Waals surface area contributed by atoms with Crippen molar-refractivity contribution in [1.82, 2.24) is 25.0 Å². The summed E-state index contributed by atoms with van der Waals surface area (Å²) < 4.78 is 54.3. The number of alkyl halides is 3. The molecule has 0 saturated carbocycles. The van der Waals surface area contributed by atoms with E-state index in [1.807, 2.05) is 0 Å². The van der Waals surface area contributed by atoms with Gasteiger partial charge in [0.2, 0.25) is 11.5 Å². The minimum atomic E-state index is -4.91. The third kappa shape index (κ3) is 4.19. The van der Waals surface area contributed by atoms with Crippen LogP contribution in [0.1, 0.15) is 35.1 Å². The molecule has 0 spiro atoms. The zero-order valence-corrected chi connectivity index (χ0v) is 17.7. The van der Waals surface area contributed by atoms with Crippen LogP contribution in [0.2, 0.25) is 0 Å². The second kappa shape index (κ2) is 8.45. The molecule has 0 fully saturated rings. The Hall–Kier alpha value is -3.93. The van der Waals surface area contributed by atoms with Crippen LogP contribution in [0.15, 0.2) is 48.8 Å². The fraction of sp³-hybridized carbons (Fsp3) is 0.227. The minimum absolute atomic E-state index is 0.0230. The number of benzene rings is 1. The first-order valence-corrected chi connectivity index (χ1v) is 10.1. The summed E-state index contributed by atoms with van der Waals surface area (Å²) in [7, 11) is 0. The molecule has 1 aromatic carbocycles. The molecule has 0 aliphatic heterocycles. The van der Waals surface area contributed by atoms with Gasteiger partial charge in [-0.3, -0.25) is 4.79 Å². The normalized spacial score (nSPS) is 13.7. The molecule has 0 aliphatic rings. The predicted octanol–water partition coefficient (Wildman–Crippen LogP) is 3.33. The van der Waals surface area contributed by atoms with Crippen LogP contribution in [-0.4, -0.2) is 42.2 Å². The summed E-state index contributed by atoms with van der Waals surface area (Å²) >= 11 is 0. The monoisotopic (exact) mass is 474 g/mol. The summed E-state index contributed by atoms with van der Waals surface area (Å²) in [6.07, 6.45) is -3.18. The van der Waals surface area contributed by atoms with Gasteiger partial charge in [-0.15, -0.1) is 5.10 Å². The zero-order valence-electron chi connectivity index (χ0n) is 17.7. The standard InChI is InChI=1S/C22H18F4N6O2/c1-2-21(34,22(24,25)26)18-11-32(31-30-18)10-12-3-5-14-15(13-4-6-19(23)28-9-13)8-17(20(27)33)29-16(14)7-12/h3-9,11,34H,2,10H2,1H3,(H2,27,33). The number of aromatic nitrogens is 5. The van der Waals surface area contributed by atoms with E-state index in [1.54, 1.807) is 18.2 Å². The van der Waals surface area contributed by atoms with E-state index in [1.165, 1.54) is 31.3 Å². The Balaban J connectivity index is 1.73. The summed E-state index contributed by atoms with van der Waals surface area (Å²) in [4.78, 5) is 19.7. The average Bonchev–Trinajstić information content (AvgIpc) is 3.26. The van der Waals surface area contributed by atoms with Crippen LogP contribution < -0.4 is 5.73 Å². The van der Waals surface area contributed by atoms with Gasteiger partial charge in [-0.25, -0.2) is 14.6 Å². The number of nitrogens with zero attached hydrogens (tertiary/aromatic N) is 5. The molecule has 12 heteroatoms. The van der Waals surface area contributed by atoms with Crippen LogP contribution in [0, 0.1) is 5.95 Å². The number of fused-ring (bicyclic) bond motifs is 1. The Morgan fingerprint density at radius 3 is 2.56 bits per heavy atom. The lowest BCUT2D eigenvalue weighted by Crippen LogP contribution is -2.42. The number of halogens is 4. The van der Waals surface area contributed by atoms with Crippen LogP contribution >= 0.6 is 0 Å². The predicted molar refractivity (Wildman–Crippen MR) is 113 cm³/mol. The van der Waals surface area contributed by atoms with Crippen molar-refractivity contribution >= 4 is 16.8 Å². The van der Waals surface area contributed by atoms with Gasteiger partial charge >= 0.3 is 6.18 Å². The molecule has 4 aromatic rings. The topological polar surface area (TPSA) is 120 Å². The Morgan fingerprint density at radius 1 is 1.18 bits per heavy atom. The summed E-state index contributed by atoms with van der Waals surface area (Å²) in [5.41, 5.74) is 3.74. The Bertz CT molecular complexity index is 1370. The highest BCUT2D eigenvalue weighted by atomic mass is 19.4. The largest absolute Gasteiger partial charge is 0.423 e. The number of rotatable bonds is 6. The zero-order chi connectivity index (χ0) is 24.7. The van der Waals surface area contributed by atoms with Crippen molar-refractivity contribution in [2.45, 2.75) is 31.7 Å². The number of pyridine rings is 2. The second-order valence-electron chi connectivity index (χ2n) is 7.65. The van der Waals surface area contributed by atoms with E-state index >= 15 is 0 Å². The van der Waals surface area contributed by atoms with Crippen molar-refractivity contribution < 1.29 is 27.5 Å². The van der Waals surface area contributed by atoms with Crippen LogP contribution in [0.25, 0.3) is 22.0 Å². The maximum Gasteiger partial charge on any atom is 0.423 e. The first kappa shape index (κ1) is 23.2. The van der Waals surface area contributed by atoms with Gasteiger partial charge in [-0.2, -0.15) is 17.6 Å². The number of carbonyl (C=O) groups excluding carboxylic acids is 1. The third-order valence-corrected chi connectivity index (χ3v) is 5.45. The van der Waals surface area contributed by atoms with E-state index in [2.05, 4.69) is 20.3 Å². The van der Waals surface area contributed by atoms with Gasteiger partial charge in [0.15, 0.2) is 0 Å². The van der Waals surface area contributed by atoms with E-state index in [0.717, 1.165) is 10.9 Å². The second-order valence-corrected chi connectivity index (χ2v) is 7.65. The lowest BCUT2D eigenvalue weighted by atomic mass is 9.96. The van der Waals surface area contributed by atoms with E-state index in [-0.39, 0.29) is 12.2 Å². The van der Waals surface area contributed by atoms with Crippen LogP contribution in [0.5, 0.6) is 0 Å². The molecular formula is C22H18F4N6O2. The number of amides is 1. The molecule has 4 rings (SSSR count). The maximum absolute atomic E-state index is 13.3. The summed E-state index contributed by atoms with van der Waals surface area (Å²) in [6.45, 7) is 1.22. The lowest BCUT2D eigenvalue weighted by molar-refractivity contribution is -0.269. The fourth-order valence-corrected chi connectivity index (χ4v) is 3.55. The highest BCUT2D eigenvalue weighted by molar-refractivity contribution is 6.00. The average molecular weight is 474 g/mol.